The Morgan fingerprint density at radius 3 is 2.71 bits per heavy atom. The third-order valence-electron chi connectivity index (χ3n) is 3.02. The predicted molar refractivity (Wildman–Crippen MR) is 68.9 cm³/mol. The third kappa shape index (κ3) is 3.47. The molecule has 1 rings (SSSR count). The molecule has 1 aromatic rings. The maximum Gasteiger partial charge on any atom is 0.123 e. The van der Waals surface area contributed by atoms with Gasteiger partial charge >= 0.3 is 0 Å². The fourth-order valence-electron chi connectivity index (χ4n) is 1.68. The highest BCUT2D eigenvalue weighted by Gasteiger charge is 2.11. The van der Waals surface area contributed by atoms with Crippen LogP contribution in [0.1, 0.15) is 25.0 Å². The Kier molecular flexibility index (Phi) is 4.99. The van der Waals surface area contributed by atoms with Crippen molar-refractivity contribution in [3.63, 3.8) is 0 Å². The zero-order valence-electron chi connectivity index (χ0n) is 11.0. The Bertz CT molecular complexity index is 409. The van der Waals surface area contributed by atoms with E-state index < -0.39 is 0 Å². The second kappa shape index (κ2) is 6.27. The number of hydrogen-bond donors (Lipinski definition) is 0. The van der Waals surface area contributed by atoms with Gasteiger partial charge in [-0.2, -0.15) is 5.26 Å². The fraction of sp³-hybridized carbons (Fsp3) is 0.500. The van der Waals surface area contributed by atoms with Gasteiger partial charge in [0.2, 0.25) is 0 Å². The lowest BCUT2D eigenvalue weighted by molar-refractivity contribution is 0.288. The lowest BCUT2D eigenvalue weighted by Gasteiger charge is -2.20. The van der Waals surface area contributed by atoms with Gasteiger partial charge in [0.1, 0.15) is 5.75 Å². The van der Waals surface area contributed by atoms with Crippen LogP contribution in [0.25, 0.3) is 0 Å². The molecule has 0 N–H and O–H groups in total. The summed E-state index contributed by atoms with van der Waals surface area (Å²) in [5.41, 5.74) is 2.43. The van der Waals surface area contributed by atoms with Crippen LogP contribution in [0.15, 0.2) is 18.2 Å². The van der Waals surface area contributed by atoms with Crippen molar-refractivity contribution in [2.45, 2.75) is 32.9 Å². The molecule has 0 radical (unpaired) electrons. The Hall–Kier alpha value is -1.53. The topological polar surface area (TPSA) is 36.3 Å². The van der Waals surface area contributed by atoms with Crippen molar-refractivity contribution in [1.29, 1.82) is 5.26 Å². The first-order valence-corrected chi connectivity index (χ1v) is 5.88. The van der Waals surface area contributed by atoms with Gasteiger partial charge in [0, 0.05) is 12.1 Å². The fourth-order valence-corrected chi connectivity index (χ4v) is 1.68. The molecule has 0 heterocycles. The summed E-state index contributed by atoms with van der Waals surface area (Å²) in [6.45, 7) is 4.76. The molecule has 0 aliphatic heterocycles. The van der Waals surface area contributed by atoms with Gasteiger partial charge in [0.15, 0.2) is 0 Å². The highest BCUT2D eigenvalue weighted by atomic mass is 16.5. The van der Waals surface area contributed by atoms with Gasteiger partial charge in [-0.25, -0.2) is 0 Å². The predicted octanol–water partition coefficient (Wildman–Crippen LogP) is 2.60. The number of benzene rings is 1. The van der Waals surface area contributed by atoms with Crippen LogP contribution in [-0.2, 0) is 13.0 Å². The highest BCUT2D eigenvalue weighted by Crippen LogP contribution is 2.22. The van der Waals surface area contributed by atoms with Gasteiger partial charge in [-0.05, 0) is 32.0 Å². The maximum absolute atomic E-state index is 8.89. The highest BCUT2D eigenvalue weighted by molar-refractivity contribution is 5.37. The largest absolute Gasteiger partial charge is 0.496 e. The van der Waals surface area contributed by atoms with Gasteiger partial charge in [0.05, 0.1) is 19.2 Å². The summed E-state index contributed by atoms with van der Waals surface area (Å²) in [7, 11) is 3.63. The number of hydrogen-bond acceptors (Lipinski definition) is 3. The van der Waals surface area contributed by atoms with E-state index in [1.165, 1.54) is 5.56 Å². The van der Waals surface area contributed by atoms with Crippen LogP contribution in [0.4, 0.5) is 0 Å². The quantitative estimate of drug-likeness (QED) is 0.783. The summed E-state index contributed by atoms with van der Waals surface area (Å²) in [5, 5.41) is 8.89. The zero-order valence-corrected chi connectivity index (χ0v) is 11.0. The molecule has 0 saturated heterocycles. The minimum atomic E-state index is -0.0926. The van der Waals surface area contributed by atoms with Crippen molar-refractivity contribution in [3.8, 4) is 11.8 Å². The Balaban J connectivity index is 2.92. The molecule has 0 saturated carbocycles. The number of nitrogens with zero attached hydrogens (tertiary/aromatic N) is 2. The van der Waals surface area contributed by atoms with Crippen LogP contribution in [0.2, 0.25) is 0 Å². The average molecular weight is 232 g/mol. The van der Waals surface area contributed by atoms with Crippen molar-refractivity contribution in [3.05, 3.63) is 29.3 Å². The Morgan fingerprint density at radius 1 is 1.47 bits per heavy atom. The van der Waals surface area contributed by atoms with Crippen LogP contribution in [0.3, 0.4) is 0 Å². The molecule has 0 amide bonds. The molecule has 1 aromatic carbocycles. The standard InChI is InChI=1S/C14H20N2O/c1-5-12-6-7-14(17-4)13(8-12)10-16(3)11(2)9-15/h6-8,11H,5,10H2,1-4H3. The van der Waals surface area contributed by atoms with Crippen LogP contribution in [0, 0.1) is 11.3 Å². The first kappa shape index (κ1) is 13.5. The van der Waals surface area contributed by atoms with Gasteiger partial charge in [-0.3, -0.25) is 4.90 Å². The summed E-state index contributed by atoms with van der Waals surface area (Å²) < 4.78 is 5.35. The average Bonchev–Trinajstić information content (AvgIpc) is 2.37. The van der Waals surface area contributed by atoms with E-state index >= 15 is 0 Å². The molecule has 0 spiro atoms. The SMILES string of the molecule is CCc1ccc(OC)c(CN(C)C(C)C#N)c1. The number of nitriles is 1. The molecule has 17 heavy (non-hydrogen) atoms. The number of ether oxygens (including phenoxy) is 1. The van der Waals surface area contributed by atoms with E-state index in [-0.39, 0.29) is 6.04 Å². The summed E-state index contributed by atoms with van der Waals surface area (Å²) in [6.07, 6.45) is 1.01. The van der Waals surface area contributed by atoms with Crippen molar-refractivity contribution < 1.29 is 4.74 Å². The molecule has 0 bridgehead atoms. The third-order valence-corrected chi connectivity index (χ3v) is 3.02. The maximum atomic E-state index is 8.89. The number of aryl methyl sites for hydroxylation is 1. The molecule has 3 heteroatoms. The van der Waals surface area contributed by atoms with Gasteiger partial charge in [-0.15, -0.1) is 0 Å². The summed E-state index contributed by atoms with van der Waals surface area (Å²) in [5.74, 6) is 0.888. The lowest BCUT2D eigenvalue weighted by atomic mass is 10.1. The molecule has 92 valence electrons. The van der Waals surface area contributed by atoms with Gasteiger partial charge < -0.3 is 4.74 Å². The summed E-state index contributed by atoms with van der Waals surface area (Å²) in [4.78, 5) is 2.01. The van der Waals surface area contributed by atoms with Crippen molar-refractivity contribution in [2.24, 2.45) is 0 Å². The minimum Gasteiger partial charge on any atom is -0.496 e. The Labute approximate surface area is 104 Å². The van der Waals surface area contributed by atoms with Crippen LogP contribution in [0.5, 0.6) is 5.75 Å². The van der Waals surface area contributed by atoms with E-state index in [0.717, 1.165) is 24.3 Å². The second-order valence-electron chi connectivity index (χ2n) is 4.22. The van der Waals surface area contributed by atoms with Crippen molar-refractivity contribution in [2.75, 3.05) is 14.2 Å². The first-order chi connectivity index (χ1) is 8.12. The number of rotatable bonds is 5. The molecule has 0 fully saturated rings. The zero-order chi connectivity index (χ0) is 12.8. The molecule has 0 aromatic heterocycles. The van der Waals surface area contributed by atoms with E-state index in [0.29, 0.717) is 0 Å². The van der Waals surface area contributed by atoms with Crippen LogP contribution < -0.4 is 4.74 Å². The van der Waals surface area contributed by atoms with Crippen LogP contribution >= 0.6 is 0 Å². The molecule has 3 nitrogen and oxygen atoms in total. The van der Waals surface area contributed by atoms with Crippen molar-refractivity contribution >= 4 is 0 Å². The summed E-state index contributed by atoms with van der Waals surface area (Å²) >= 11 is 0. The van der Waals surface area contributed by atoms with E-state index in [9.17, 15) is 0 Å². The van der Waals surface area contributed by atoms with E-state index in [1.54, 1.807) is 7.11 Å². The first-order valence-electron chi connectivity index (χ1n) is 5.88. The molecular weight excluding hydrogens is 212 g/mol. The molecule has 1 unspecified atom stereocenters. The van der Waals surface area contributed by atoms with Gasteiger partial charge in [-0.1, -0.05) is 19.1 Å². The molecule has 0 aliphatic rings. The summed E-state index contributed by atoms with van der Waals surface area (Å²) in [6, 6.07) is 8.37. The minimum absolute atomic E-state index is 0.0926. The smallest absolute Gasteiger partial charge is 0.123 e. The monoisotopic (exact) mass is 232 g/mol. The van der Waals surface area contributed by atoms with E-state index in [2.05, 4.69) is 25.1 Å². The van der Waals surface area contributed by atoms with E-state index in [1.807, 2.05) is 24.9 Å². The Morgan fingerprint density at radius 2 is 2.18 bits per heavy atom. The lowest BCUT2D eigenvalue weighted by Crippen LogP contribution is -2.27. The molecule has 1 atom stereocenters. The van der Waals surface area contributed by atoms with Gasteiger partial charge in [0.25, 0.3) is 0 Å². The normalized spacial score (nSPS) is 12.2. The van der Waals surface area contributed by atoms with Crippen molar-refractivity contribution in [1.82, 2.24) is 4.90 Å². The number of methoxy groups -OCH3 is 1. The van der Waals surface area contributed by atoms with Crippen LogP contribution in [-0.4, -0.2) is 25.1 Å². The molecular formula is C14H20N2O. The van der Waals surface area contributed by atoms with E-state index in [4.69, 9.17) is 10.00 Å². The molecule has 0 aliphatic carbocycles. The second-order valence-corrected chi connectivity index (χ2v) is 4.22.